The Hall–Kier alpha value is -3.19. The van der Waals surface area contributed by atoms with Crippen LogP contribution in [0.25, 0.3) is 6.08 Å². The number of nitrogens with one attached hydrogen (secondary N) is 1. The van der Waals surface area contributed by atoms with Crippen molar-refractivity contribution in [3.8, 4) is 17.2 Å². The number of urea groups is 1. The lowest BCUT2D eigenvalue weighted by Crippen LogP contribution is -2.30. The smallest absolute Gasteiger partial charge is 0.333 e. The highest BCUT2D eigenvalue weighted by molar-refractivity contribution is 6.31. The molecule has 0 aliphatic carbocycles. The lowest BCUT2D eigenvalue weighted by molar-refractivity contribution is -0.113. The van der Waals surface area contributed by atoms with Crippen LogP contribution in [0.15, 0.2) is 42.1 Å². The van der Waals surface area contributed by atoms with Crippen LogP contribution in [0.2, 0.25) is 5.02 Å². The van der Waals surface area contributed by atoms with Crippen molar-refractivity contribution in [1.82, 2.24) is 5.32 Å². The summed E-state index contributed by atoms with van der Waals surface area (Å²) in [6, 6.07) is 9.25. The van der Waals surface area contributed by atoms with Crippen LogP contribution in [0.1, 0.15) is 5.56 Å². The number of carbonyl (C=O) groups is 2. The minimum Gasteiger partial charge on any atom is -0.493 e. The van der Waals surface area contributed by atoms with Gasteiger partial charge < -0.3 is 19.5 Å². The highest BCUT2D eigenvalue weighted by Gasteiger charge is 2.35. The van der Waals surface area contributed by atoms with Crippen LogP contribution in [-0.2, 0) is 4.79 Å². The molecule has 0 spiro atoms. The van der Waals surface area contributed by atoms with E-state index < -0.39 is 11.9 Å². The number of benzene rings is 2. The Morgan fingerprint density at radius 1 is 0.926 bits per heavy atom. The number of rotatable bonds is 5. The van der Waals surface area contributed by atoms with Crippen molar-refractivity contribution >= 4 is 35.3 Å². The van der Waals surface area contributed by atoms with Gasteiger partial charge in [0.2, 0.25) is 5.75 Å². The summed E-state index contributed by atoms with van der Waals surface area (Å²) in [5, 5.41) is 3.08. The predicted molar refractivity (Wildman–Crippen MR) is 102 cm³/mol. The maximum absolute atomic E-state index is 12.7. The van der Waals surface area contributed by atoms with E-state index in [9.17, 15) is 9.59 Å². The Balaban J connectivity index is 2.00. The predicted octanol–water partition coefficient (Wildman–Crippen LogP) is 3.46. The first-order valence-electron chi connectivity index (χ1n) is 7.91. The second kappa shape index (κ2) is 7.59. The zero-order chi connectivity index (χ0) is 19.6. The fraction of sp³-hybridized carbons (Fsp3) is 0.158. The second-order valence-corrected chi connectivity index (χ2v) is 5.97. The number of halogens is 1. The van der Waals surface area contributed by atoms with Gasteiger partial charge in [0.15, 0.2) is 11.5 Å². The summed E-state index contributed by atoms with van der Waals surface area (Å²) in [6.45, 7) is 0. The molecule has 27 heavy (non-hydrogen) atoms. The van der Waals surface area contributed by atoms with Crippen LogP contribution < -0.4 is 24.4 Å². The number of ether oxygens (including phenoxy) is 3. The van der Waals surface area contributed by atoms with Gasteiger partial charge in [-0.15, -0.1) is 0 Å². The first-order valence-corrected chi connectivity index (χ1v) is 8.29. The van der Waals surface area contributed by atoms with Gasteiger partial charge in [-0.25, -0.2) is 9.69 Å². The normalized spacial score (nSPS) is 15.1. The average molecular weight is 389 g/mol. The van der Waals surface area contributed by atoms with E-state index in [1.54, 1.807) is 36.4 Å². The molecule has 0 radical (unpaired) electrons. The minimum absolute atomic E-state index is 0.112. The summed E-state index contributed by atoms with van der Waals surface area (Å²) in [4.78, 5) is 26.1. The van der Waals surface area contributed by atoms with Gasteiger partial charge in [-0.3, -0.25) is 4.79 Å². The maximum Gasteiger partial charge on any atom is 0.333 e. The van der Waals surface area contributed by atoms with Gasteiger partial charge >= 0.3 is 6.03 Å². The van der Waals surface area contributed by atoms with Gasteiger partial charge in [0.05, 0.1) is 27.0 Å². The van der Waals surface area contributed by atoms with Crippen LogP contribution in [0, 0.1) is 0 Å². The summed E-state index contributed by atoms with van der Waals surface area (Å²) in [7, 11) is 4.48. The van der Waals surface area contributed by atoms with Crippen molar-refractivity contribution in [2.75, 3.05) is 26.2 Å². The number of carbonyl (C=O) groups excluding carboxylic acids is 2. The number of anilines is 1. The van der Waals surface area contributed by atoms with E-state index in [0.717, 1.165) is 4.90 Å². The van der Waals surface area contributed by atoms with E-state index in [4.69, 9.17) is 25.8 Å². The van der Waals surface area contributed by atoms with Gasteiger partial charge in [-0.1, -0.05) is 11.6 Å². The number of nitrogens with zero attached hydrogens (tertiary/aromatic N) is 1. The van der Waals surface area contributed by atoms with Crippen molar-refractivity contribution in [1.29, 1.82) is 0 Å². The molecule has 0 unspecified atom stereocenters. The molecule has 8 heteroatoms. The Bertz CT molecular complexity index is 924. The van der Waals surface area contributed by atoms with Crippen molar-refractivity contribution in [2.45, 2.75) is 0 Å². The van der Waals surface area contributed by atoms with Gasteiger partial charge in [-0.05, 0) is 42.5 Å². The van der Waals surface area contributed by atoms with Crippen molar-refractivity contribution < 1.29 is 23.8 Å². The van der Waals surface area contributed by atoms with Gasteiger partial charge in [0.1, 0.15) is 5.70 Å². The molecule has 0 saturated carbocycles. The van der Waals surface area contributed by atoms with Crippen LogP contribution in [0.4, 0.5) is 10.5 Å². The molecule has 7 nitrogen and oxygen atoms in total. The van der Waals surface area contributed by atoms with E-state index in [0.29, 0.717) is 33.5 Å². The monoisotopic (exact) mass is 388 g/mol. The largest absolute Gasteiger partial charge is 0.493 e. The number of imide groups is 1. The number of methoxy groups -OCH3 is 3. The molecule has 1 heterocycles. The molecule has 3 rings (SSSR count). The lowest BCUT2D eigenvalue weighted by Gasteiger charge is -2.14. The third-order valence-corrected chi connectivity index (χ3v) is 4.25. The van der Waals surface area contributed by atoms with Crippen LogP contribution >= 0.6 is 11.6 Å². The Labute approximate surface area is 161 Å². The average Bonchev–Trinajstić information content (AvgIpc) is 2.95. The molecule has 1 aliphatic rings. The molecule has 1 N–H and O–H groups in total. The molecule has 1 aliphatic heterocycles. The standard InChI is InChI=1S/C19H17ClN2O5/c1-25-15-9-4-11(16(26-2)17(15)27-3)10-14-18(23)22(19(24)21-14)13-7-5-12(20)6-8-13/h4-10H,1-3H3,(H,21,24)/b14-10+. The summed E-state index contributed by atoms with van der Waals surface area (Å²) < 4.78 is 16.0. The van der Waals surface area contributed by atoms with Crippen molar-refractivity contribution in [3.05, 3.63) is 52.7 Å². The molecule has 3 amide bonds. The number of hydrogen-bond donors (Lipinski definition) is 1. The Kier molecular flexibility index (Phi) is 5.23. The Morgan fingerprint density at radius 3 is 2.19 bits per heavy atom. The lowest BCUT2D eigenvalue weighted by atomic mass is 10.1. The zero-order valence-electron chi connectivity index (χ0n) is 14.9. The fourth-order valence-electron chi connectivity index (χ4n) is 2.75. The molecule has 1 saturated heterocycles. The van der Waals surface area contributed by atoms with Gasteiger partial charge in [-0.2, -0.15) is 0 Å². The molecule has 2 aromatic carbocycles. The summed E-state index contributed by atoms with van der Waals surface area (Å²) in [6.07, 6.45) is 1.52. The molecule has 140 valence electrons. The summed E-state index contributed by atoms with van der Waals surface area (Å²) in [5.41, 5.74) is 1.09. The van der Waals surface area contributed by atoms with Crippen molar-refractivity contribution in [3.63, 3.8) is 0 Å². The SMILES string of the molecule is COc1ccc(/C=C2/NC(=O)N(c3ccc(Cl)cc3)C2=O)c(OC)c1OC. The highest BCUT2D eigenvalue weighted by Crippen LogP contribution is 2.40. The zero-order valence-corrected chi connectivity index (χ0v) is 15.7. The van der Waals surface area contributed by atoms with E-state index in [2.05, 4.69) is 5.32 Å². The summed E-state index contributed by atoms with van der Waals surface area (Å²) in [5.74, 6) is 0.775. The molecule has 0 bridgehead atoms. The Morgan fingerprint density at radius 2 is 1.59 bits per heavy atom. The van der Waals surface area contributed by atoms with Crippen molar-refractivity contribution in [2.24, 2.45) is 0 Å². The molecule has 1 fully saturated rings. The third kappa shape index (κ3) is 3.41. The molecular weight excluding hydrogens is 372 g/mol. The second-order valence-electron chi connectivity index (χ2n) is 5.53. The first-order chi connectivity index (χ1) is 13.0. The first kappa shape index (κ1) is 18.6. The summed E-state index contributed by atoms with van der Waals surface area (Å²) >= 11 is 5.86. The fourth-order valence-corrected chi connectivity index (χ4v) is 2.88. The number of hydrogen-bond acceptors (Lipinski definition) is 5. The molecule has 0 aromatic heterocycles. The maximum atomic E-state index is 12.7. The quantitative estimate of drug-likeness (QED) is 0.627. The molecular formula is C19H17ClN2O5. The van der Waals surface area contributed by atoms with E-state index in [1.807, 2.05) is 0 Å². The highest BCUT2D eigenvalue weighted by atomic mass is 35.5. The van der Waals surface area contributed by atoms with Gasteiger partial charge in [0.25, 0.3) is 5.91 Å². The van der Waals surface area contributed by atoms with E-state index >= 15 is 0 Å². The molecule has 2 aromatic rings. The van der Waals surface area contributed by atoms with E-state index in [1.165, 1.54) is 27.4 Å². The topological polar surface area (TPSA) is 77.1 Å². The van der Waals surface area contributed by atoms with Crippen LogP contribution in [0.5, 0.6) is 17.2 Å². The molecule has 0 atom stereocenters. The van der Waals surface area contributed by atoms with Gasteiger partial charge in [0, 0.05) is 10.6 Å². The number of amides is 3. The van der Waals surface area contributed by atoms with E-state index in [-0.39, 0.29) is 5.70 Å². The third-order valence-electron chi connectivity index (χ3n) is 4.00. The minimum atomic E-state index is -0.548. The van der Waals surface area contributed by atoms with Crippen LogP contribution in [-0.4, -0.2) is 33.3 Å². The van der Waals surface area contributed by atoms with Crippen LogP contribution in [0.3, 0.4) is 0 Å².